The van der Waals surface area contributed by atoms with Crippen molar-refractivity contribution in [1.82, 2.24) is 0 Å². The number of hydrogen-bond donors (Lipinski definition) is 1. The van der Waals surface area contributed by atoms with Gasteiger partial charge in [-0.05, 0) is 25.0 Å². The van der Waals surface area contributed by atoms with Crippen molar-refractivity contribution in [3.05, 3.63) is 23.2 Å². The Balaban J connectivity index is 2.18. The molecule has 2 rings (SSSR count). The smallest absolute Gasteiger partial charge is 0.138 e. The largest absolute Gasteiger partial charge is 0.508 e. The molecule has 1 aromatic rings. The zero-order valence-corrected chi connectivity index (χ0v) is 7.21. The first-order valence-corrected chi connectivity index (χ1v) is 4.28. The van der Waals surface area contributed by atoms with E-state index in [9.17, 15) is 0 Å². The molecule has 0 radical (unpaired) electrons. The lowest BCUT2D eigenvalue weighted by atomic mass is 10.3. The third kappa shape index (κ3) is 1.64. The van der Waals surface area contributed by atoms with Crippen LogP contribution in [0, 0.1) is 0 Å². The van der Waals surface area contributed by atoms with E-state index in [-0.39, 0.29) is 5.75 Å². The van der Waals surface area contributed by atoms with E-state index >= 15 is 0 Å². The van der Waals surface area contributed by atoms with Crippen LogP contribution in [0.2, 0.25) is 5.02 Å². The van der Waals surface area contributed by atoms with Gasteiger partial charge in [-0.25, -0.2) is 0 Å². The van der Waals surface area contributed by atoms with Crippen LogP contribution < -0.4 is 4.74 Å². The van der Waals surface area contributed by atoms with Crippen LogP contribution in [0.3, 0.4) is 0 Å². The monoisotopic (exact) mass is 184 g/mol. The summed E-state index contributed by atoms with van der Waals surface area (Å²) in [7, 11) is 0. The number of rotatable bonds is 2. The highest BCUT2D eigenvalue weighted by molar-refractivity contribution is 6.32. The summed E-state index contributed by atoms with van der Waals surface area (Å²) >= 11 is 5.82. The maximum absolute atomic E-state index is 9.05. The van der Waals surface area contributed by atoms with Crippen molar-refractivity contribution in [3.63, 3.8) is 0 Å². The Morgan fingerprint density at radius 2 is 2.17 bits per heavy atom. The molecule has 0 atom stereocenters. The molecule has 3 heteroatoms. The van der Waals surface area contributed by atoms with Crippen molar-refractivity contribution in [3.8, 4) is 11.5 Å². The molecule has 12 heavy (non-hydrogen) atoms. The first kappa shape index (κ1) is 7.74. The summed E-state index contributed by atoms with van der Waals surface area (Å²) < 4.78 is 5.47. The van der Waals surface area contributed by atoms with Gasteiger partial charge in [-0.3, -0.25) is 0 Å². The van der Waals surface area contributed by atoms with E-state index in [2.05, 4.69) is 0 Å². The highest BCUT2D eigenvalue weighted by atomic mass is 35.5. The van der Waals surface area contributed by atoms with Crippen LogP contribution in [0.4, 0.5) is 0 Å². The fourth-order valence-corrected chi connectivity index (χ4v) is 1.17. The average Bonchev–Trinajstić information content (AvgIpc) is 2.79. The summed E-state index contributed by atoms with van der Waals surface area (Å²) in [6.07, 6.45) is 2.56. The van der Waals surface area contributed by atoms with Gasteiger partial charge in [0.1, 0.15) is 11.5 Å². The molecule has 0 spiro atoms. The Kier molecular flexibility index (Phi) is 1.85. The lowest BCUT2D eigenvalue weighted by molar-refractivity contribution is 0.303. The molecule has 0 aromatic heterocycles. The van der Waals surface area contributed by atoms with Gasteiger partial charge in [-0.15, -0.1) is 0 Å². The number of ether oxygens (including phenoxy) is 1. The zero-order valence-electron chi connectivity index (χ0n) is 6.46. The summed E-state index contributed by atoms with van der Waals surface area (Å²) in [5.41, 5.74) is 0. The highest BCUT2D eigenvalue weighted by Crippen LogP contribution is 2.33. The Morgan fingerprint density at radius 3 is 2.75 bits per heavy atom. The topological polar surface area (TPSA) is 29.5 Å². The summed E-state index contributed by atoms with van der Waals surface area (Å²) in [6, 6.07) is 4.75. The van der Waals surface area contributed by atoms with E-state index in [0.717, 1.165) is 12.8 Å². The third-order valence-corrected chi connectivity index (χ3v) is 2.03. The van der Waals surface area contributed by atoms with E-state index in [1.54, 1.807) is 12.1 Å². The van der Waals surface area contributed by atoms with Crippen molar-refractivity contribution >= 4 is 11.6 Å². The summed E-state index contributed by atoms with van der Waals surface area (Å²) in [5, 5.41) is 9.52. The van der Waals surface area contributed by atoms with E-state index < -0.39 is 0 Å². The van der Waals surface area contributed by atoms with E-state index in [1.807, 2.05) is 0 Å². The molecule has 1 saturated carbocycles. The van der Waals surface area contributed by atoms with Gasteiger partial charge in [0.25, 0.3) is 0 Å². The zero-order chi connectivity index (χ0) is 8.55. The molecule has 1 aromatic carbocycles. The van der Waals surface area contributed by atoms with Crippen LogP contribution in [0.15, 0.2) is 18.2 Å². The van der Waals surface area contributed by atoms with E-state index in [4.69, 9.17) is 21.4 Å². The summed E-state index contributed by atoms with van der Waals surface area (Å²) in [4.78, 5) is 0. The predicted molar refractivity (Wildman–Crippen MR) is 46.8 cm³/mol. The number of benzene rings is 1. The molecule has 0 aliphatic heterocycles. The first-order valence-electron chi connectivity index (χ1n) is 3.91. The molecule has 0 unspecified atom stereocenters. The summed E-state index contributed by atoms with van der Waals surface area (Å²) in [6.45, 7) is 0. The lowest BCUT2D eigenvalue weighted by Crippen LogP contribution is -1.95. The molecule has 1 aliphatic rings. The quantitative estimate of drug-likeness (QED) is 0.766. The molecule has 64 valence electrons. The van der Waals surface area contributed by atoms with E-state index in [1.165, 1.54) is 6.07 Å². The maximum Gasteiger partial charge on any atom is 0.138 e. The third-order valence-electron chi connectivity index (χ3n) is 1.73. The van der Waals surface area contributed by atoms with Crippen molar-refractivity contribution in [2.45, 2.75) is 18.9 Å². The minimum atomic E-state index is 0.170. The molecule has 1 fully saturated rings. The average molecular weight is 185 g/mol. The van der Waals surface area contributed by atoms with Crippen LogP contribution >= 0.6 is 11.6 Å². The minimum absolute atomic E-state index is 0.170. The van der Waals surface area contributed by atoms with Crippen LogP contribution in [0.1, 0.15) is 12.8 Å². The SMILES string of the molecule is Oc1ccc(OC2CC2)c(Cl)c1. The van der Waals surface area contributed by atoms with Gasteiger partial charge < -0.3 is 9.84 Å². The van der Waals surface area contributed by atoms with Crippen molar-refractivity contribution in [2.24, 2.45) is 0 Å². The highest BCUT2D eigenvalue weighted by Gasteiger charge is 2.24. The van der Waals surface area contributed by atoms with Gasteiger partial charge >= 0.3 is 0 Å². The van der Waals surface area contributed by atoms with Gasteiger partial charge in [-0.2, -0.15) is 0 Å². The van der Waals surface area contributed by atoms with Crippen LogP contribution in [-0.4, -0.2) is 11.2 Å². The van der Waals surface area contributed by atoms with Gasteiger partial charge in [0, 0.05) is 6.07 Å². The van der Waals surface area contributed by atoms with Crippen molar-refractivity contribution < 1.29 is 9.84 Å². The molecule has 0 amide bonds. The number of phenolic OH excluding ortho intramolecular Hbond substituents is 1. The summed E-state index contributed by atoms with van der Waals surface area (Å²) in [5.74, 6) is 0.833. The standard InChI is InChI=1S/C9H9ClO2/c10-8-5-6(11)1-4-9(8)12-7-2-3-7/h1,4-5,7,11H,2-3H2. The minimum Gasteiger partial charge on any atom is -0.508 e. The van der Waals surface area contributed by atoms with Crippen LogP contribution in [0.25, 0.3) is 0 Å². The fraction of sp³-hybridized carbons (Fsp3) is 0.333. The molecule has 0 heterocycles. The van der Waals surface area contributed by atoms with Gasteiger partial charge in [0.05, 0.1) is 11.1 Å². The van der Waals surface area contributed by atoms with Gasteiger partial charge in [0.2, 0.25) is 0 Å². The molecule has 1 N–H and O–H groups in total. The number of hydrogen-bond acceptors (Lipinski definition) is 2. The van der Waals surface area contributed by atoms with Gasteiger partial charge in [-0.1, -0.05) is 11.6 Å². The van der Waals surface area contributed by atoms with Gasteiger partial charge in [0.15, 0.2) is 0 Å². The van der Waals surface area contributed by atoms with Crippen LogP contribution in [0.5, 0.6) is 11.5 Å². The molecular weight excluding hydrogens is 176 g/mol. The molecule has 1 aliphatic carbocycles. The number of phenols is 1. The van der Waals surface area contributed by atoms with Crippen molar-refractivity contribution in [1.29, 1.82) is 0 Å². The molecular formula is C9H9ClO2. The fourth-order valence-electron chi connectivity index (χ4n) is 0.951. The van der Waals surface area contributed by atoms with Crippen LogP contribution in [-0.2, 0) is 0 Å². The van der Waals surface area contributed by atoms with E-state index in [0.29, 0.717) is 16.9 Å². The lowest BCUT2D eigenvalue weighted by Gasteiger charge is -2.05. The Labute approximate surface area is 75.7 Å². The Bertz CT molecular complexity index is 295. The normalized spacial score (nSPS) is 16.1. The Morgan fingerprint density at radius 1 is 1.42 bits per heavy atom. The predicted octanol–water partition coefficient (Wildman–Crippen LogP) is 2.59. The second kappa shape index (κ2) is 2.87. The molecule has 0 saturated heterocycles. The maximum atomic E-state index is 9.05. The number of halogens is 1. The number of aromatic hydroxyl groups is 1. The molecule has 0 bridgehead atoms. The second-order valence-electron chi connectivity index (χ2n) is 2.93. The Hall–Kier alpha value is -0.890. The first-order chi connectivity index (χ1) is 5.75. The second-order valence-corrected chi connectivity index (χ2v) is 3.34. The molecule has 2 nitrogen and oxygen atoms in total. The van der Waals surface area contributed by atoms with Crippen molar-refractivity contribution in [2.75, 3.05) is 0 Å².